The molecule has 0 spiro atoms. The smallest absolute Gasteiger partial charge is 0.0642 e. The molecule has 16 heavy (non-hydrogen) atoms. The number of ether oxygens (including phenoxy) is 1. The number of hydrogen-bond acceptors (Lipinski definition) is 3. The lowest BCUT2D eigenvalue weighted by Crippen LogP contribution is -2.36. The Kier molecular flexibility index (Phi) is 3.97. The Morgan fingerprint density at radius 2 is 2.00 bits per heavy atom. The van der Waals surface area contributed by atoms with Crippen molar-refractivity contribution < 1.29 is 4.74 Å². The van der Waals surface area contributed by atoms with E-state index in [1.165, 1.54) is 11.3 Å². The van der Waals surface area contributed by atoms with Crippen LogP contribution in [0.25, 0.3) is 6.08 Å². The van der Waals surface area contributed by atoms with Crippen LogP contribution in [0.3, 0.4) is 0 Å². The number of anilines is 1. The standard InChI is InChI=1S/C13H18N2O/c14-7-3-5-12-4-1-2-6-13(12)15-8-10-16-11-9-15/h1-6H,7-11,14H2. The first kappa shape index (κ1) is 11.2. The Hall–Kier alpha value is -1.32. The number of rotatable bonds is 3. The average Bonchev–Trinajstić information content (AvgIpc) is 2.38. The number of morpholine rings is 1. The predicted molar refractivity (Wildman–Crippen MR) is 67.6 cm³/mol. The average molecular weight is 218 g/mol. The molecule has 2 rings (SSSR count). The second kappa shape index (κ2) is 5.68. The van der Waals surface area contributed by atoms with Gasteiger partial charge in [0, 0.05) is 25.3 Å². The summed E-state index contributed by atoms with van der Waals surface area (Å²) in [6.07, 6.45) is 4.07. The second-order valence-electron chi connectivity index (χ2n) is 3.80. The van der Waals surface area contributed by atoms with Crippen molar-refractivity contribution in [2.75, 3.05) is 37.7 Å². The fourth-order valence-corrected chi connectivity index (χ4v) is 1.92. The zero-order valence-electron chi connectivity index (χ0n) is 9.43. The molecule has 1 aliphatic rings. The highest BCUT2D eigenvalue weighted by Crippen LogP contribution is 2.22. The van der Waals surface area contributed by atoms with Crippen LogP contribution >= 0.6 is 0 Å². The van der Waals surface area contributed by atoms with Gasteiger partial charge in [-0.25, -0.2) is 0 Å². The first-order valence-electron chi connectivity index (χ1n) is 5.70. The molecule has 86 valence electrons. The van der Waals surface area contributed by atoms with E-state index in [1.54, 1.807) is 0 Å². The summed E-state index contributed by atoms with van der Waals surface area (Å²) in [6.45, 7) is 4.14. The minimum absolute atomic E-state index is 0.581. The van der Waals surface area contributed by atoms with Gasteiger partial charge in [-0.2, -0.15) is 0 Å². The van der Waals surface area contributed by atoms with Crippen molar-refractivity contribution >= 4 is 11.8 Å². The van der Waals surface area contributed by atoms with E-state index < -0.39 is 0 Å². The molecule has 1 heterocycles. The van der Waals surface area contributed by atoms with Gasteiger partial charge in [0.15, 0.2) is 0 Å². The molecule has 0 bridgehead atoms. The van der Waals surface area contributed by atoms with Crippen LogP contribution in [-0.4, -0.2) is 32.8 Å². The summed E-state index contributed by atoms with van der Waals surface area (Å²) >= 11 is 0. The van der Waals surface area contributed by atoms with Crippen LogP contribution in [0.15, 0.2) is 30.3 Å². The molecule has 0 amide bonds. The summed E-state index contributed by atoms with van der Waals surface area (Å²) in [6, 6.07) is 8.41. The SMILES string of the molecule is NCC=Cc1ccccc1N1CCOCC1. The van der Waals surface area contributed by atoms with Crippen LogP contribution in [0.4, 0.5) is 5.69 Å². The summed E-state index contributed by atoms with van der Waals surface area (Å²) < 4.78 is 5.36. The molecule has 1 saturated heterocycles. The third-order valence-electron chi connectivity index (χ3n) is 2.72. The van der Waals surface area contributed by atoms with E-state index in [4.69, 9.17) is 10.5 Å². The first-order valence-corrected chi connectivity index (χ1v) is 5.70. The Morgan fingerprint density at radius 1 is 1.25 bits per heavy atom. The molecule has 2 N–H and O–H groups in total. The zero-order chi connectivity index (χ0) is 11.2. The zero-order valence-corrected chi connectivity index (χ0v) is 9.43. The number of hydrogen-bond donors (Lipinski definition) is 1. The number of nitrogens with two attached hydrogens (primary N) is 1. The minimum Gasteiger partial charge on any atom is -0.378 e. The van der Waals surface area contributed by atoms with Gasteiger partial charge in [-0.3, -0.25) is 0 Å². The van der Waals surface area contributed by atoms with Crippen LogP contribution in [0.1, 0.15) is 5.56 Å². The highest BCUT2D eigenvalue weighted by atomic mass is 16.5. The van der Waals surface area contributed by atoms with Gasteiger partial charge in [-0.1, -0.05) is 30.4 Å². The Bertz CT molecular complexity index is 357. The van der Waals surface area contributed by atoms with E-state index in [1.807, 2.05) is 6.08 Å². The van der Waals surface area contributed by atoms with Crippen molar-refractivity contribution in [1.82, 2.24) is 0 Å². The minimum atomic E-state index is 0.581. The quantitative estimate of drug-likeness (QED) is 0.835. The third-order valence-corrected chi connectivity index (χ3v) is 2.72. The van der Waals surface area contributed by atoms with Gasteiger partial charge < -0.3 is 15.4 Å². The van der Waals surface area contributed by atoms with Crippen molar-refractivity contribution in [1.29, 1.82) is 0 Å². The molecule has 0 aliphatic carbocycles. The molecule has 1 aromatic rings. The van der Waals surface area contributed by atoms with Crippen molar-refractivity contribution in [2.45, 2.75) is 0 Å². The lowest BCUT2D eigenvalue weighted by atomic mass is 10.1. The lowest BCUT2D eigenvalue weighted by molar-refractivity contribution is 0.122. The number of nitrogens with zero attached hydrogens (tertiary/aromatic N) is 1. The second-order valence-corrected chi connectivity index (χ2v) is 3.80. The van der Waals surface area contributed by atoms with E-state index in [9.17, 15) is 0 Å². The first-order chi connectivity index (χ1) is 7.92. The van der Waals surface area contributed by atoms with E-state index in [0.717, 1.165) is 26.3 Å². The number of benzene rings is 1. The normalized spacial score (nSPS) is 16.9. The molecule has 0 unspecified atom stereocenters. The molecule has 3 nitrogen and oxygen atoms in total. The molecule has 0 aromatic heterocycles. The largest absolute Gasteiger partial charge is 0.378 e. The fourth-order valence-electron chi connectivity index (χ4n) is 1.92. The van der Waals surface area contributed by atoms with Gasteiger partial charge in [0.05, 0.1) is 13.2 Å². The fraction of sp³-hybridized carbons (Fsp3) is 0.385. The van der Waals surface area contributed by atoms with E-state index in [2.05, 4.69) is 35.2 Å². The van der Waals surface area contributed by atoms with Crippen molar-refractivity contribution in [3.8, 4) is 0 Å². The van der Waals surface area contributed by atoms with Crippen LogP contribution in [0.5, 0.6) is 0 Å². The van der Waals surface area contributed by atoms with E-state index >= 15 is 0 Å². The molecular formula is C13H18N2O. The van der Waals surface area contributed by atoms with Crippen molar-refractivity contribution in [2.24, 2.45) is 5.73 Å². The monoisotopic (exact) mass is 218 g/mol. The van der Waals surface area contributed by atoms with Gasteiger partial charge >= 0.3 is 0 Å². The summed E-state index contributed by atoms with van der Waals surface area (Å²) in [7, 11) is 0. The summed E-state index contributed by atoms with van der Waals surface area (Å²) in [4.78, 5) is 2.36. The molecule has 1 fully saturated rings. The Morgan fingerprint density at radius 3 is 2.75 bits per heavy atom. The highest BCUT2D eigenvalue weighted by Gasteiger charge is 2.12. The van der Waals surface area contributed by atoms with E-state index in [0.29, 0.717) is 6.54 Å². The summed E-state index contributed by atoms with van der Waals surface area (Å²) in [5.41, 5.74) is 7.99. The maximum absolute atomic E-state index is 5.48. The van der Waals surface area contributed by atoms with Gasteiger partial charge in [0.25, 0.3) is 0 Å². The molecule has 3 heteroatoms. The highest BCUT2D eigenvalue weighted by molar-refractivity contribution is 5.67. The maximum Gasteiger partial charge on any atom is 0.0642 e. The molecular weight excluding hydrogens is 200 g/mol. The summed E-state index contributed by atoms with van der Waals surface area (Å²) in [5, 5.41) is 0. The molecule has 1 aromatic carbocycles. The van der Waals surface area contributed by atoms with Crippen LogP contribution in [-0.2, 0) is 4.74 Å². The molecule has 0 atom stereocenters. The topological polar surface area (TPSA) is 38.5 Å². The van der Waals surface area contributed by atoms with Gasteiger partial charge in [0.2, 0.25) is 0 Å². The Labute approximate surface area is 96.5 Å². The molecule has 0 radical (unpaired) electrons. The maximum atomic E-state index is 5.48. The van der Waals surface area contributed by atoms with Crippen molar-refractivity contribution in [3.63, 3.8) is 0 Å². The predicted octanol–water partition coefficient (Wildman–Crippen LogP) is 1.50. The van der Waals surface area contributed by atoms with Gasteiger partial charge in [0.1, 0.15) is 0 Å². The van der Waals surface area contributed by atoms with Gasteiger partial charge in [-0.05, 0) is 11.6 Å². The molecule has 1 aliphatic heterocycles. The van der Waals surface area contributed by atoms with Crippen LogP contribution < -0.4 is 10.6 Å². The molecule has 0 saturated carbocycles. The van der Waals surface area contributed by atoms with Crippen LogP contribution in [0.2, 0.25) is 0 Å². The lowest BCUT2D eigenvalue weighted by Gasteiger charge is -2.30. The number of para-hydroxylation sites is 1. The van der Waals surface area contributed by atoms with Crippen molar-refractivity contribution in [3.05, 3.63) is 35.9 Å². The Balaban J connectivity index is 2.20. The summed E-state index contributed by atoms with van der Waals surface area (Å²) in [5.74, 6) is 0. The van der Waals surface area contributed by atoms with Crippen LogP contribution in [0, 0.1) is 0 Å². The van der Waals surface area contributed by atoms with Gasteiger partial charge in [-0.15, -0.1) is 0 Å². The van der Waals surface area contributed by atoms with E-state index in [-0.39, 0.29) is 0 Å². The third kappa shape index (κ3) is 2.62.